The molecule has 2 heterocycles. The number of rotatable bonds is 4. The van der Waals surface area contributed by atoms with Gasteiger partial charge in [-0.3, -0.25) is 0 Å². The third-order valence-corrected chi connectivity index (χ3v) is 4.07. The van der Waals surface area contributed by atoms with E-state index in [1.807, 2.05) is 0 Å². The first kappa shape index (κ1) is 14.3. The molecule has 112 valence electrons. The van der Waals surface area contributed by atoms with Crippen LogP contribution in [0, 0.1) is 5.92 Å². The zero-order valence-electron chi connectivity index (χ0n) is 11.9. The van der Waals surface area contributed by atoms with E-state index < -0.39 is 0 Å². The molecule has 0 saturated heterocycles. The van der Waals surface area contributed by atoms with Crippen molar-refractivity contribution in [2.75, 3.05) is 0 Å². The Hall–Kier alpha value is -1.69. The van der Waals surface area contributed by atoms with Gasteiger partial charge in [0.15, 0.2) is 0 Å². The molecule has 0 spiro atoms. The van der Waals surface area contributed by atoms with Gasteiger partial charge in [0.2, 0.25) is 5.28 Å². The van der Waals surface area contributed by atoms with Gasteiger partial charge < -0.3 is 4.74 Å². The second-order valence-corrected chi connectivity index (χ2v) is 5.58. The average Bonchev–Trinajstić information content (AvgIpc) is 3.01. The molecule has 0 bridgehead atoms. The highest BCUT2D eigenvalue weighted by molar-refractivity contribution is 6.28. The van der Waals surface area contributed by atoms with E-state index in [0.29, 0.717) is 11.9 Å². The van der Waals surface area contributed by atoms with Crippen LogP contribution in [0.1, 0.15) is 39.0 Å². The summed E-state index contributed by atoms with van der Waals surface area (Å²) in [5, 5.41) is 4.22. The fourth-order valence-corrected chi connectivity index (χ4v) is 2.94. The Labute approximate surface area is 128 Å². The first-order valence-electron chi connectivity index (χ1n) is 7.34. The van der Waals surface area contributed by atoms with Crippen molar-refractivity contribution in [3.63, 3.8) is 0 Å². The van der Waals surface area contributed by atoms with E-state index in [0.717, 1.165) is 12.8 Å². The van der Waals surface area contributed by atoms with E-state index in [1.54, 1.807) is 23.1 Å². The van der Waals surface area contributed by atoms with Crippen molar-refractivity contribution in [2.24, 2.45) is 5.92 Å². The second-order valence-electron chi connectivity index (χ2n) is 5.25. The van der Waals surface area contributed by atoms with E-state index in [9.17, 15) is 0 Å². The number of ether oxygens (including phenoxy) is 1. The minimum Gasteiger partial charge on any atom is -0.460 e. The van der Waals surface area contributed by atoms with Gasteiger partial charge in [-0.25, -0.2) is 4.68 Å². The smallest absolute Gasteiger partial charge is 0.322 e. The molecule has 2 aromatic heterocycles. The standard InChI is InChI=1S/C14H18ClN5O/c1-2-10-6-3-4-7-11(10)21-14-18-12(15)17-13(19-14)20-9-5-8-16-20/h5,8-11H,2-4,6-7H2,1H3. The molecule has 6 nitrogen and oxygen atoms in total. The van der Waals surface area contributed by atoms with Gasteiger partial charge in [-0.15, -0.1) is 0 Å². The first-order valence-corrected chi connectivity index (χ1v) is 7.72. The molecule has 3 rings (SSSR count). The minimum atomic E-state index is 0.120. The number of aromatic nitrogens is 5. The van der Waals surface area contributed by atoms with Crippen LogP contribution in [0.5, 0.6) is 6.01 Å². The van der Waals surface area contributed by atoms with Gasteiger partial charge in [0.05, 0.1) is 0 Å². The Morgan fingerprint density at radius 2 is 2.14 bits per heavy atom. The Morgan fingerprint density at radius 1 is 1.29 bits per heavy atom. The van der Waals surface area contributed by atoms with E-state index in [4.69, 9.17) is 16.3 Å². The quantitative estimate of drug-likeness (QED) is 0.868. The van der Waals surface area contributed by atoms with Crippen molar-refractivity contribution < 1.29 is 4.74 Å². The van der Waals surface area contributed by atoms with Crippen molar-refractivity contribution in [3.8, 4) is 12.0 Å². The molecule has 7 heteroatoms. The van der Waals surface area contributed by atoms with Crippen LogP contribution in [-0.4, -0.2) is 30.8 Å². The van der Waals surface area contributed by atoms with Crippen LogP contribution in [0.2, 0.25) is 5.28 Å². The van der Waals surface area contributed by atoms with Gasteiger partial charge in [0, 0.05) is 12.4 Å². The van der Waals surface area contributed by atoms with E-state index in [-0.39, 0.29) is 17.4 Å². The molecule has 0 aromatic carbocycles. The van der Waals surface area contributed by atoms with Crippen molar-refractivity contribution in [3.05, 3.63) is 23.7 Å². The summed E-state index contributed by atoms with van der Waals surface area (Å²) in [4.78, 5) is 12.5. The lowest BCUT2D eigenvalue weighted by Crippen LogP contribution is -2.30. The van der Waals surface area contributed by atoms with Crippen molar-refractivity contribution in [1.82, 2.24) is 24.7 Å². The SMILES string of the molecule is CCC1CCCCC1Oc1nc(Cl)nc(-n2cccn2)n1. The lowest BCUT2D eigenvalue weighted by molar-refractivity contribution is 0.0806. The maximum absolute atomic E-state index is 5.99. The van der Waals surface area contributed by atoms with Crippen LogP contribution in [0.3, 0.4) is 0 Å². The molecule has 2 unspecified atom stereocenters. The summed E-state index contributed by atoms with van der Waals surface area (Å²) in [6.07, 6.45) is 9.38. The lowest BCUT2D eigenvalue weighted by atomic mass is 9.85. The van der Waals surface area contributed by atoms with Crippen LogP contribution in [0.15, 0.2) is 18.5 Å². The predicted molar refractivity (Wildman–Crippen MR) is 78.6 cm³/mol. The monoisotopic (exact) mass is 307 g/mol. The predicted octanol–water partition coefficient (Wildman–Crippen LogP) is 3.06. The van der Waals surface area contributed by atoms with Crippen LogP contribution < -0.4 is 4.74 Å². The van der Waals surface area contributed by atoms with Gasteiger partial charge >= 0.3 is 6.01 Å². The van der Waals surface area contributed by atoms with Gasteiger partial charge in [-0.2, -0.15) is 20.1 Å². The highest BCUT2D eigenvalue weighted by Crippen LogP contribution is 2.29. The summed E-state index contributed by atoms with van der Waals surface area (Å²) in [6, 6.07) is 2.08. The third-order valence-electron chi connectivity index (χ3n) is 3.91. The van der Waals surface area contributed by atoms with Gasteiger partial charge in [-0.1, -0.05) is 13.3 Å². The number of hydrogen-bond donors (Lipinski definition) is 0. The molecule has 1 fully saturated rings. The van der Waals surface area contributed by atoms with Crippen molar-refractivity contribution in [2.45, 2.75) is 45.1 Å². The van der Waals surface area contributed by atoms with E-state index in [1.165, 1.54) is 19.3 Å². The molecule has 0 radical (unpaired) electrons. The Bertz CT molecular complexity index is 589. The molecule has 0 amide bonds. The number of nitrogens with zero attached hydrogens (tertiary/aromatic N) is 5. The van der Waals surface area contributed by atoms with Gasteiger partial charge in [-0.05, 0) is 49.3 Å². The molecular weight excluding hydrogens is 290 g/mol. The second kappa shape index (κ2) is 6.39. The van der Waals surface area contributed by atoms with Crippen LogP contribution >= 0.6 is 11.6 Å². The molecule has 2 aromatic rings. The molecule has 1 aliphatic rings. The average molecular weight is 308 g/mol. The summed E-state index contributed by atoms with van der Waals surface area (Å²) in [5.74, 6) is 0.932. The highest BCUT2D eigenvalue weighted by Gasteiger charge is 2.26. The highest BCUT2D eigenvalue weighted by atomic mass is 35.5. The summed E-state index contributed by atoms with van der Waals surface area (Å²) in [6.45, 7) is 2.20. The molecule has 1 saturated carbocycles. The Balaban J connectivity index is 1.82. The van der Waals surface area contributed by atoms with E-state index in [2.05, 4.69) is 27.0 Å². The maximum Gasteiger partial charge on any atom is 0.322 e. The van der Waals surface area contributed by atoms with Gasteiger partial charge in [0.1, 0.15) is 6.10 Å². The summed E-state index contributed by atoms with van der Waals surface area (Å²) in [5.41, 5.74) is 0. The van der Waals surface area contributed by atoms with E-state index >= 15 is 0 Å². The fourth-order valence-electron chi connectivity index (χ4n) is 2.80. The lowest BCUT2D eigenvalue weighted by Gasteiger charge is -2.30. The van der Waals surface area contributed by atoms with Crippen molar-refractivity contribution >= 4 is 11.6 Å². The summed E-state index contributed by atoms with van der Waals surface area (Å²) < 4.78 is 7.53. The van der Waals surface area contributed by atoms with Crippen molar-refractivity contribution in [1.29, 1.82) is 0 Å². The molecule has 0 aliphatic heterocycles. The number of hydrogen-bond acceptors (Lipinski definition) is 5. The zero-order chi connectivity index (χ0) is 14.7. The molecule has 0 N–H and O–H groups in total. The Morgan fingerprint density at radius 3 is 2.90 bits per heavy atom. The zero-order valence-corrected chi connectivity index (χ0v) is 12.7. The third kappa shape index (κ3) is 3.32. The molecular formula is C14H18ClN5O. The first-order chi connectivity index (χ1) is 10.3. The van der Waals surface area contributed by atoms with Crippen LogP contribution in [-0.2, 0) is 0 Å². The minimum absolute atomic E-state index is 0.120. The molecule has 2 atom stereocenters. The number of halogens is 1. The fraction of sp³-hybridized carbons (Fsp3) is 0.571. The molecule has 1 aliphatic carbocycles. The summed E-state index contributed by atoms with van der Waals surface area (Å²) in [7, 11) is 0. The van der Waals surface area contributed by atoms with Crippen LogP contribution in [0.4, 0.5) is 0 Å². The normalized spacial score (nSPS) is 22.2. The summed E-state index contributed by atoms with van der Waals surface area (Å²) >= 11 is 5.97. The topological polar surface area (TPSA) is 65.7 Å². The largest absolute Gasteiger partial charge is 0.460 e. The van der Waals surface area contributed by atoms with Gasteiger partial charge in [0.25, 0.3) is 5.95 Å². The maximum atomic E-state index is 5.99. The molecule has 21 heavy (non-hydrogen) atoms. The Kier molecular flexibility index (Phi) is 4.34. The van der Waals surface area contributed by atoms with Crippen LogP contribution in [0.25, 0.3) is 5.95 Å².